The Bertz CT molecular complexity index is 885. The van der Waals surface area contributed by atoms with Gasteiger partial charge in [-0.05, 0) is 43.4 Å². The second-order valence-electron chi connectivity index (χ2n) is 5.75. The lowest BCUT2D eigenvalue weighted by Crippen LogP contribution is -2.33. The number of nitrogens with two attached hydrogens (primary N) is 1. The zero-order chi connectivity index (χ0) is 20.0. The molecule has 2 aromatic carbocycles. The summed E-state index contributed by atoms with van der Waals surface area (Å²) in [5, 5.41) is 8.45. The summed E-state index contributed by atoms with van der Waals surface area (Å²) < 4.78 is 27.9. The molecular formula is C17H19Cl2N3O4S. The Labute approximate surface area is 168 Å². The van der Waals surface area contributed by atoms with Crippen LogP contribution in [-0.2, 0) is 14.8 Å². The summed E-state index contributed by atoms with van der Waals surface area (Å²) >= 11 is 12.0. The quantitative estimate of drug-likeness (QED) is 0.668. The van der Waals surface area contributed by atoms with Crippen LogP contribution in [0.3, 0.4) is 0 Å². The number of carbonyl (C=O) groups excluding carboxylic acids is 1. The van der Waals surface area contributed by atoms with Gasteiger partial charge in [0.2, 0.25) is 15.9 Å². The minimum Gasteiger partial charge on any atom is -0.492 e. The van der Waals surface area contributed by atoms with Crippen molar-refractivity contribution in [3.05, 3.63) is 52.5 Å². The molecule has 0 aromatic heterocycles. The van der Waals surface area contributed by atoms with Crippen LogP contribution < -0.4 is 15.2 Å². The van der Waals surface area contributed by atoms with Gasteiger partial charge in [-0.3, -0.25) is 9.69 Å². The summed E-state index contributed by atoms with van der Waals surface area (Å²) in [5.74, 6) is 0.244. The van der Waals surface area contributed by atoms with Gasteiger partial charge in [0.05, 0.1) is 27.2 Å². The topological polar surface area (TPSA) is 102 Å². The number of ether oxygens (including phenoxy) is 1. The second kappa shape index (κ2) is 9.38. The molecular weight excluding hydrogens is 413 g/mol. The van der Waals surface area contributed by atoms with Crippen LogP contribution >= 0.6 is 23.2 Å². The normalized spacial score (nSPS) is 11.4. The van der Waals surface area contributed by atoms with Gasteiger partial charge in [0.25, 0.3) is 0 Å². The highest BCUT2D eigenvalue weighted by Gasteiger charge is 2.12. The molecule has 0 saturated carbocycles. The first-order valence-corrected chi connectivity index (χ1v) is 10.1. The van der Waals surface area contributed by atoms with Crippen LogP contribution in [0.15, 0.2) is 47.4 Å². The summed E-state index contributed by atoms with van der Waals surface area (Å²) in [7, 11) is -1.96. The number of likely N-dealkylation sites (N-methyl/N-ethyl adjacent to an activating group) is 1. The van der Waals surface area contributed by atoms with E-state index < -0.39 is 10.0 Å². The standard InChI is InChI=1S/C17H19Cl2N3O4S/c1-22(11-16(23)21-17-14(18)3-2-4-15(17)19)9-10-26-12-5-7-13(8-6-12)27(20,24)25/h2-8H,9-11H2,1H3,(H,21,23)(H2,20,24,25). The van der Waals surface area contributed by atoms with Crippen LogP contribution in [0.2, 0.25) is 10.0 Å². The minimum absolute atomic E-state index is 0.0156. The number of hydrogen-bond acceptors (Lipinski definition) is 5. The number of nitrogens with zero attached hydrogens (tertiary/aromatic N) is 1. The molecule has 0 heterocycles. The van der Waals surface area contributed by atoms with Crippen molar-refractivity contribution >= 4 is 44.8 Å². The van der Waals surface area contributed by atoms with Crippen molar-refractivity contribution in [3.8, 4) is 5.75 Å². The van der Waals surface area contributed by atoms with Crippen LogP contribution in [0, 0.1) is 0 Å². The molecule has 0 aliphatic carbocycles. The SMILES string of the molecule is CN(CCOc1ccc(S(N)(=O)=O)cc1)CC(=O)Nc1c(Cl)cccc1Cl. The molecule has 2 rings (SSSR count). The molecule has 0 aliphatic rings. The molecule has 27 heavy (non-hydrogen) atoms. The number of hydrogen-bond donors (Lipinski definition) is 2. The second-order valence-corrected chi connectivity index (χ2v) is 8.12. The van der Waals surface area contributed by atoms with E-state index in [1.165, 1.54) is 24.3 Å². The van der Waals surface area contributed by atoms with Gasteiger partial charge in [-0.1, -0.05) is 29.3 Å². The summed E-state index contributed by atoms with van der Waals surface area (Å²) in [6, 6.07) is 10.8. The average molecular weight is 432 g/mol. The van der Waals surface area contributed by atoms with Crippen molar-refractivity contribution in [3.63, 3.8) is 0 Å². The monoisotopic (exact) mass is 431 g/mol. The van der Waals surface area contributed by atoms with Crippen LogP contribution in [0.1, 0.15) is 0 Å². The van der Waals surface area contributed by atoms with Gasteiger partial charge in [0, 0.05) is 6.54 Å². The van der Waals surface area contributed by atoms with E-state index in [0.717, 1.165) is 0 Å². The van der Waals surface area contributed by atoms with Gasteiger partial charge in [-0.25, -0.2) is 13.6 Å². The molecule has 0 unspecified atom stereocenters. The molecule has 3 N–H and O–H groups in total. The maximum Gasteiger partial charge on any atom is 0.238 e. The minimum atomic E-state index is -3.73. The van der Waals surface area contributed by atoms with Crippen molar-refractivity contribution in [2.24, 2.45) is 5.14 Å². The maximum absolute atomic E-state index is 12.1. The molecule has 146 valence electrons. The number of benzene rings is 2. The Morgan fingerprint density at radius 1 is 1.15 bits per heavy atom. The number of carbonyl (C=O) groups is 1. The fraction of sp³-hybridized carbons (Fsp3) is 0.235. The first-order chi connectivity index (χ1) is 12.7. The van der Waals surface area contributed by atoms with Gasteiger partial charge in [-0.2, -0.15) is 0 Å². The summed E-state index contributed by atoms with van der Waals surface area (Å²) in [6.45, 7) is 0.904. The van der Waals surface area contributed by atoms with Crippen LogP contribution in [-0.4, -0.2) is 46.0 Å². The molecule has 1 amide bonds. The highest BCUT2D eigenvalue weighted by atomic mass is 35.5. The predicted molar refractivity (Wildman–Crippen MR) is 106 cm³/mol. The van der Waals surface area contributed by atoms with Gasteiger partial charge in [0.1, 0.15) is 12.4 Å². The number of anilines is 1. The molecule has 0 saturated heterocycles. The van der Waals surface area contributed by atoms with Gasteiger partial charge in [0.15, 0.2) is 0 Å². The van der Waals surface area contributed by atoms with Gasteiger partial charge < -0.3 is 10.1 Å². The molecule has 0 radical (unpaired) electrons. The van der Waals surface area contributed by atoms with E-state index in [1.54, 1.807) is 30.1 Å². The van der Waals surface area contributed by atoms with E-state index >= 15 is 0 Å². The zero-order valence-electron chi connectivity index (χ0n) is 14.5. The largest absolute Gasteiger partial charge is 0.492 e. The van der Waals surface area contributed by atoms with Crippen LogP contribution in [0.25, 0.3) is 0 Å². The van der Waals surface area contributed by atoms with E-state index in [2.05, 4.69) is 5.32 Å². The van der Waals surface area contributed by atoms with Gasteiger partial charge >= 0.3 is 0 Å². The molecule has 0 aliphatic heterocycles. The van der Waals surface area contributed by atoms with E-state index in [0.29, 0.717) is 34.6 Å². The lowest BCUT2D eigenvalue weighted by molar-refractivity contribution is -0.117. The first-order valence-electron chi connectivity index (χ1n) is 7.85. The molecule has 0 bridgehead atoms. The van der Waals surface area contributed by atoms with Crippen LogP contribution in [0.5, 0.6) is 5.75 Å². The van der Waals surface area contributed by atoms with E-state index in [9.17, 15) is 13.2 Å². The Morgan fingerprint density at radius 2 is 1.74 bits per heavy atom. The number of halogens is 2. The average Bonchev–Trinajstić information content (AvgIpc) is 2.58. The Balaban J connectivity index is 1.79. The fourth-order valence-corrected chi connectivity index (χ4v) is 3.17. The first kappa shape index (κ1) is 21.5. The maximum atomic E-state index is 12.1. The molecule has 0 fully saturated rings. The van der Waals surface area contributed by atoms with Crippen molar-refractivity contribution in [1.82, 2.24) is 4.90 Å². The van der Waals surface area contributed by atoms with Crippen molar-refractivity contribution in [2.75, 3.05) is 32.1 Å². The third-order valence-electron chi connectivity index (χ3n) is 3.53. The molecule has 0 spiro atoms. The van der Waals surface area contributed by atoms with Crippen LogP contribution in [0.4, 0.5) is 5.69 Å². The predicted octanol–water partition coefficient (Wildman–Crippen LogP) is 2.59. The number of para-hydroxylation sites is 1. The number of nitrogens with one attached hydrogen (secondary N) is 1. The number of sulfonamides is 1. The zero-order valence-corrected chi connectivity index (χ0v) is 16.8. The Hall–Kier alpha value is -1.84. The Kier molecular flexibility index (Phi) is 7.46. The lowest BCUT2D eigenvalue weighted by atomic mass is 10.3. The highest BCUT2D eigenvalue weighted by Crippen LogP contribution is 2.29. The molecule has 7 nitrogen and oxygen atoms in total. The molecule has 2 aromatic rings. The summed E-state index contributed by atoms with van der Waals surface area (Å²) in [5.41, 5.74) is 0.380. The van der Waals surface area contributed by atoms with E-state index in [4.69, 9.17) is 33.1 Å². The van der Waals surface area contributed by atoms with E-state index in [-0.39, 0.29) is 17.3 Å². The van der Waals surface area contributed by atoms with Crippen molar-refractivity contribution in [2.45, 2.75) is 4.90 Å². The molecule has 10 heteroatoms. The summed E-state index contributed by atoms with van der Waals surface area (Å²) in [4.78, 5) is 13.9. The van der Waals surface area contributed by atoms with Crippen molar-refractivity contribution < 1.29 is 17.9 Å². The lowest BCUT2D eigenvalue weighted by Gasteiger charge is -2.17. The smallest absolute Gasteiger partial charge is 0.238 e. The van der Waals surface area contributed by atoms with Crippen molar-refractivity contribution in [1.29, 1.82) is 0 Å². The van der Waals surface area contributed by atoms with Gasteiger partial charge in [-0.15, -0.1) is 0 Å². The highest BCUT2D eigenvalue weighted by molar-refractivity contribution is 7.89. The third kappa shape index (κ3) is 6.67. The molecule has 0 atom stereocenters. The number of primary sulfonamides is 1. The number of rotatable bonds is 8. The Morgan fingerprint density at radius 3 is 2.30 bits per heavy atom. The van der Waals surface area contributed by atoms with E-state index in [1.807, 2.05) is 0 Å². The third-order valence-corrected chi connectivity index (χ3v) is 5.09. The summed E-state index contributed by atoms with van der Waals surface area (Å²) in [6.07, 6.45) is 0. The number of amides is 1. The fourth-order valence-electron chi connectivity index (χ4n) is 2.17.